The Bertz CT molecular complexity index is 2360. The monoisotopic (exact) mass is 1220 g/mol. The van der Waals surface area contributed by atoms with E-state index in [4.69, 9.17) is 4.74 Å². The third-order valence-electron chi connectivity index (χ3n) is 16.5. The van der Waals surface area contributed by atoms with Crippen LogP contribution >= 0.6 is 0 Å². The molecule has 0 spiro atoms. The van der Waals surface area contributed by atoms with E-state index in [0.717, 1.165) is 4.90 Å². The summed E-state index contributed by atoms with van der Waals surface area (Å²) in [5.74, 6) is -8.54. The van der Waals surface area contributed by atoms with Crippen molar-refractivity contribution in [1.82, 2.24) is 55.6 Å². The molecule has 0 aliphatic carbocycles. The zero-order valence-corrected chi connectivity index (χ0v) is 57.1. The third-order valence-corrected chi connectivity index (χ3v) is 16.5. The summed E-state index contributed by atoms with van der Waals surface area (Å²) >= 11 is 0. The van der Waals surface area contributed by atoms with Crippen LogP contribution in [0.5, 0.6) is 0 Å². The van der Waals surface area contributed by atoms with Gasteiger partial charge in [-0.3, -0.25) is 52.7 Å². The van der Waals surface area contributed by atoms with Crippen LogP contribution in [0.1, 0.15) is 163 Å². The first-order valence-electron chi connectivity index (χ1n) is 30.9. The second-order valence-electron chi connectivity index (χ2n) is 26.6. The van der Waals surface area contributed by atoms with Gasteiger partial charge in [-0.25, -0.2) is 0 Å². The fourth-order valence-corrected chi connectivity index (χ4v) is 10.7. The summed E-state index contributed by atoms with van der Waals surface area (Å²) in [5, 5.41) is 11.1. The van der Waals surface area contributed by atoms with Gasteiger partial charge in [-0.05, 0) is 109 Å². The van der Waals surface area contributed by atoms with Crippen molar-refractivity contribution in [2.45, 2.75) is 229 Å². The second kappa shape index (κ2) is 35.0. The highest BCUT2D eigenvalue weighted by Gasteiger charge is 2.44. The molecule has 23 nitrogen and oxygen atoms in total. The zero-order valence-electron chi connectivity index (χ0n) is 57.1. The van der Waals surface area contributed by atoms with E-state index >= 15 is 9.59 Å². The summed E-state index contributed by atoms with van der Waals surface area (Å²) in [6, 6.07) is -11.7. The molecule has 4 N–H and O–H groups in total. The van der Waals surface area contributed by atoms with Crippen molar-refractivity contribution in [1.29, 1.82) is 0 Å². The summed E-state index contributed by atoms with van der Waals surface area (Å²) in [7, 11) is 11.6. The summed E-state index contributed by atoms with van der Waals surface area (Å²) in [4.78, 5) is 169. The van der Waals surface area contributed by atoms with E-state index in [1.165, 1.54) is 99.7 Å². The van der Waals surface area contributed by atoms with Crippen LogP contribution < -0.4 is 21.3 Å². The molecular formula is C63H113N11O12. The Morgan fingerprint density at radius 1 is 0.500 bits per heavy atom. The van der Waals surface area contributed by atoms with Gasteiger partial charge in [0.25, 0.3) is 0 Å². The lowest BCUT2D eigenvalue weighted by Gasteiger charge is -2.41. The Labute approximate surface area is 515 Å². The highest BCUT2D eigenvalue weighted by Crippen LogP contribution is 2.26. The van der Waals surface area contributed by atoms with Gasteiger partial charge in [-0.2, -0.15) is 0 Å². The summed E-state index contributed by atoms with van der Waals surface area (Å²) in [6.45, 7) is 29.6. The van der Waals surface area contributed by atoms with Crippen LogP contribution in [0.3, 0.4) is 0 Å². The molecule has 1 aliphatic heterocycles. The molecule has 11 amide bonds. The Kier molecular flexibility index (Phi) is 31.7. The molecule has 23 heteroatoms. The Morgan fingerprint density at radius 2 is 0.930 bits per heavy atom. The molecule has 0 saturated carbocycles. The molecule has 86 heavy (non-hydrogen) atoms. The van der Waals surface area contributed by atoms with Crippen molar-refractivity contribution in [3.8, 4) is 0 Å². The number of amides is 11. The van der Waals surface area contributed by atoms with Crippen LogP contribution in [0, 0.1) is 35.5 Å². The van der Waals surface area contributed by atoms with Gasteiger partial charge in [-0.15, -0.1) is 0 Å². The fourth-order valence-electron chi connectivity index (χ4n) is 10.7. The van der Waals surface area contributed by atoms with E-state index < -0.39 is 149 Å². The topological polar surface area (TPSA) is 268 Å². The molecule has 0 unspecified atom stereocenters. The van der Waals surface area contributed by atoms with Crippen molar-refractivity contribution < 1.29 is 57.5 Å². The minimum Gasteiger partial charge on any atom is -0.379 e. The molecule has 492 valence electrons. The number of ether oxygens (including phenoxy) is 1. The van der Waals surface area contributed by atoms with E-state index in [9.17, 15) is 43.2 Å². The lowest BCUT2D eigenvalue weighted by molar-refractivity contribution is -0.156. The highest BCUT2D eigenvalue weighted by atomic mass is 16.5. The number of methoxy groups -OCH3 is 1. The molecule has 1 saturated heterocycles. The van der Waals surface area contributed by atoms with Crippen LogP contribution in [-0.4, -0.2) is 228 Å². The average Bonchev–Trinajstić information content (AvgIpc) is 1.84. The number of hydrogen-bond acceptors (Lipinski definition) is 12. The van der Waals surface area contributed by atoms with Gasteiger partial charge in [0.15, 0.2) is 0 Å². The molecule has 1 aliphatic rings. The molecule has 0 aromatic rings. The highest BCUT2D eigenvalue weighted by molar-refractivity contribution is 5.99. The summed E-state index contributed by atoms with van der Waals surface area (Å²) < 4.78 is 5.72. The predicted molar refractivity (Wildman–Crippen MR) is 333 cm³/mol. The van der Waals surface area contributed by atoms with Crippen molar-refractivity contribution in [3.63, 3.8) is 0 Å². The Hall–Kier alpha value is -6.13. The SMILES string of the molecule is C/C=C/C[C@@H](C)C[C@H]1C(=O)N[C@@H](CC)C(=O)N(C)CC(=O)N(C)[C@@H](CC(C)(C)OC)C(=O)N[C@H](C(C)C)C(=O)N(C)[C@H](CC(C)C)C(=O)N[C@H](C)C(=O)N[C@@H](C)C(=O)N(C)[C@@H](CC(C)C)C(=O)N(C)[C@@H](CC(C)C)C(=O)N(C)[C@@H](C(C)C)C(=O)N1C. The van der Waals surface area contributed by atoms with Crippen molar-refractivity contribution in [2.75, 3.05) is 63.0 Å². The first-order valence-corrected chi connectivity index (χ1v) is 30.9. The quantitative estimate of drug-likeness (QED) is 0.160. The molecule has 11 atom stereocenters. The molecule has 0 aromatic carbocycles. The number of likely N-dealkylation sites (N-methyl/N-ethyl adjacent to an activating group) is 7. The molecule has 1 rings (SSSR count). The normalized spacial score (nSPS) is 26.5. The first kappa shape index (κ1) is 77.9. The average molecular weight is 1220 g/mol. The lowest BCUT2D eigenvalue weighted by Crippen LogP contribution is -2.61. The first-order chi connectivity index (χ1) is 39.6. The molecular weight excluding hydrogens is 1100 g/mol. The van der Waals surface area contributed by atoms with E-state index in [1.54, 1.807) is 48.5 Å². The zero-order chi connectivity index (χ0) is 66.7. The van der Waals surface area contributed by atoms with E-state index in [0.29, 0.717) is 6.42 Å². The maximum absolute atomic E-state index is 15.1. The Balaban J connectivity index is 4.33. The summed E-state index contributed by atoms with van der Waals surface area (Å²) in [5.41, 5.74) is -0.985. The largest absolute Gasteiger partial charge is 0.379 e. The molecule has 1 fully saturated rings. The maximum atomic E-state index is 15.1. The number of allylic oxidation sites excluding steroid dienone is 2. The predicted octanol–water partition coefficient (Wildman–Crippen LogP) is 4.07. The van der Waals surface area contributed by atoms with Gasteiger partial charge in [0.2, 0.25) is 65.0 Å². The van der Waals surface area contributed by atoms with E-state index in [2.05, 4.69) is 21.3 Å². The van der Waals surface area contributed by atoms with Crippen molar-refractivity contribution in [2.24, 2.45) is 35.5 Å². The van der Waals surface area contributed by atoms with Gasteiger partial charge in [0.05, 0.1) is 12.1 Å². The van der Waals surface area contributed by atoms with Gasteiger partial charge in [0, 0.05) is 62.9 Å². The number of rotatable bonds is 16. The second-order valence-corrected chi connectivity index (χ2v) is 26.6. The minimum absolute atomic E-state index is 0.0511. The van der Waals surface area contributed by atoms with Crippen LogP contribution in [0.15, 0.2) is 12.2 Å². The third kappa shape index (κ3) is 22.2. The molecule has 1 heterocycles. The standard InChI is InChI=1S/C63H113N11O12/c1-26-28-29-41(13)33-46-55(78)66-44(27-2)58(81)68(18)35-50(75)69(19)49(34-63(16,17)86-25)56(79)67-51(39(9)10)61(84)70(20)45(30-36(3)4)54(77)64-42(14)53(76)65-43(15)57(80)72(22)47(31-37(5)6)59(82)73(23)48(32-38(7)8)60(83)74(24)52(40(11)12)62(85)71(46)21/h26,28,36-49,51-52H,27,29-35H2,1-25H3,(H,64,77)(H,65,76)(H,66,78)(H,67,79)/b28-26+/t41-,42-,43+,44+,45-,46+,47+,48+,49+,51-,52+/m1/s1. The number of carbonyl (C=O) groups excluding carboxylic acids is 11. The van der Waals surface area contributed by atoms with Crippen LogP contribution in [0.25, 0.3) is 0 Å². The van der Waals surface area contributed by atoms with Gasteiger partial charge in [-0.1, -0.05) is 95.2 Å². The smallest absolute Gasteiger partial charge is 0.246 e. The minimum atomic E-state index is -1.26. The fraction of sp³-hybridized carbons (Fsp3) is 0.794. The van der Waals surface area contributed by atoms with Crippen molar-refractivity contribution in [3.05, 3.63) is 12.2 Å². The Morgan fingerprint density at radius 3 is 1.40 bits per heavy atom. The van der Waals surface area contributed by atoms with E-state index in [1.807, 2.05) is 67.5 Å². The number of carbonyl (C=O) groups is 11. The van der Waals surface area contributed by atoms with Crippen LogP contribution in [0.4, 0.5) is 0 Å². The van der Waals surface area contributed by atoms with Gasteiger partial charge in [0.1, 0.15) is 60.4 Å². The number of nitrogens with zero attached hydrogens (tertiary/aromatic N) is 7. The molecule has 0 radical (unpaired) electrons. The maximum Gasteiger partial charge on any atom is 0.246 e. The van der Waals surface area contributed by atoms with Crippen LogP contribution in [0.2, 0.25) is 0 Å². The van der Waals surface area contributed by atoms with Crippen LogP contribution in [-0.2, 0) is 57.5 Å². The van der Waals surface area contributed by atoms with Gasteiger partial charge < -0.3 is 60.3 Å². The van der Waals surface area contributed by atoms with E-state index in [-0.39, 0.29) is 62.2 Å². The molecule has 0 aromatic heterocycles. The van der Waals surface area contributed by atoms with Crippen molar-refractivity contribution >= 4 is 65.0 Å². The number of nitrogens with one attached hydrogen (secondary N) is 4. The molecule has 0 bridgehead atoms. The number of hydrogen-bond donors (Lipinski definition) is 4. The van der Waals surface area contributed by atoms with Gasteiger partial charge >= 0.3 is 0 Å². The summed E-state index contributed by atoms with van der Waals surface area (Å²) in [6.07, 6.45) is 5.12. The lowest BCUT2D eigenvalue weighted by atomic mass is 9.93.